The van der Waals surface area contributed by atoms with E-state index in [9.17, 15) is 0 Å². The minimum Gasteiger partial charge on any atom is -0.399 e. The lowest BCUT2D eigenvalue weighted by molar-refractivity contribution is 0.589. The van der Waals surface area contributed by atoms with Gasteiger partial charge in [0.25, 0.3) is 0 Å². The van der Waals surface area contributed by atoms with Gasteiger partial charge in [-0.2, -0.15) is 0 Å². The van der Waals surface area contributed by atoms with Gasteiger partial charge in [0.2, 0.25) is 0 Å². The van der Waals surface area contributed by atoms with Crippen molar-refractivity contribution in [1.82, 2.24) is 0 Å². The molecule has 152 valence electrons. The smallest absolute Gasteiger partial charge is 0.0326 e. The molecule has 0 heterocycles. The van der Waals surface area contributed by atoms with Crippen molar-refractivity contribution in [3.63, 3.8) is 0 Å². The van der Waals surface area contributed by atoms with Crippen molar-refractivity contribution < 1.29 is 0 Å². The molecule has 2 rings (SSSR count). The normalized spacial score (nSPS) is 11.4. The Morgan fingerprint density at radius 2 is 1.18 bits per heavy atom. The summed E-state index contributed by atoms with van der Waals surface area (Å²) in [5, 5.41) is 0. The van der Waals surface area contributed by atoms with Crippen molar-refractivity contribution in [2.45, 2.75) is 52.4 Å². The molecule has 4 heteroatoms. The van der Waals surface area contributed by atoms with Gasteiger partial charge in [0.15, 0.2) is 0 Å². The molecule has 0 unspecified atom stereocenters. The topological polar surface area (TPSA) is 52.0 Å². The maximum absolute atomic E-state index is 5.67. The van der Waals surface area contributed by atoms with Gasteiger partial charge in [-0.15, -0.1) is 0 Å². The third-order valence-electron chi connectivity index (χ3n) is 4.36. The number of nitrogens with two attached hydrogens (primary N) is 2. The number of benzene rings is 2. The summed E-state index contributed by atoms with van der Waals surface area (Å²) in [6.45, 7) is 20.6. The van der Waals surface area contributed by atoms with Crippen LogP contribution in [0.2, 0.25) is 0 Å². The Kier molecular flexibility index (Phi) is 8.39. The Morgan fingerprint density at radius 1 is 0.786 bits per heavy atom. The van der Waals surface area contributed by atoms with Gasteiger partial charge in [-0.25, -0.2) is 0 Å². The van der Waals surface area contributed by atoms with Gasteiger partial charge < -0.3 is 11.5 Å². The van der Waals surface area contributed by atoms with Gasteiger partial charge in [-0.1, -0.05) is 94.9 Å². The molecule has 0 aromatic heterocycles. The van der Waals surface area contributed by atoms with E-state index in [-0.39, 0.29) is 10.8 Å². The van der Waals surface area contributed by atoms with Crippen LogP contribution in [0.15, 0.2) is 54.0 Å². The van der Waals surface area contributed by atoms with Crippen molar-refractivity contribution in [2.75, 3.05) is 0 Å². The zero-order valence-corrected chi connectivity index (χ0v) is 21.5. The molecule has 4 N–H and O–H groups in total. The second-order valence-corrected chi connectivity index (χ2v) is 11.0. The van der Waals surface area contributed by atoms with E-state index in [1.54, 1.807) is 0 Å². The number of hydrogen-bond acceptors (Lipinski definition) is 2. The standard InChI is InChI=1S/C12H16BrN.C12H16IN/c2*1-8(14)10-6-5-9(7-11(10)13)12(2,3)4/h2*5-7H,1,14H2,2-4H3. The fourth-order valence-electron chi connectivity index (χ4n) is 2.48. The van der Waals surface area contributed by atoms with Crippen LogP contribution in [0.4, 0.5) is 0 Å². The van der Waals surface area contributed by atoms with Crippen LogP contribution in [-0.2, 0) is 10.8 Å². The van der Waals surface area contributed by atoms with Crippen molar-refractivity contribution in [2.24, 2.45) is 11.5 Å². The molecule has 0 aliphatic heterocycles. The lowest BCUT2D eigenvalue weighted by Gasteiger charge is -2.20. The first kappa shape index (κ1) is 24.8. The molecule has 0 saturated carbocycles. The quantitative estimate of drug-likeness (QED) is 0.386. The first-order valence-corrected chi connectivity index (χ1v) is 11.0. The molecule has 0 amide bonds. The van der Waals surface area contributed by atoms with Crippen molar-refractivity contribution >= 4 is 49.9 Å². The Hall–Kier alpha value is -1.27. The molecule has 0 aliphatic carbocycles. The number of hydrogen-bond donors (Lipinski definition) is 2. The molecule has 0 bridgehead atoms. The van der Waals surface area contributed by atoms with Crippen LogP contribution >= 0.6 is 38.5 Å². The second-order valence-electron chi connectivity index (χ2n) is 8.94. The maximum Gasteiger partial charge on any atom is 0.0326 e. The van der Waals surface area contributed by atoms with Gasteiger partial charge in [0.05, 0.1) is 0 Å². The third kappa shape index (κ3) is 6.96. The largest absolute Gasteiger partial charge is 0.399 e. The summed E-state index contributed by atoms with van der Waals surface area (Å²) in [7, 11) is 0. The average molecular weight is 555 g/mol. The highest BCUT2D eigenvalue weighted by atomic mass is 127. The molecule has 0 fully saturated rings. The van der Waals surface area contributed by atoms with Crippen LogP contribution in [0.1, 0.15) is 63.8 Å². The molecule has 0 aliphatic rings. The van der Waals surface area contributed by atoms with E-state index >= 15 is 0 Å². The Labute approximate surface area is 192 Å². The monoisotopic (exact) mass is 554 g/mol. The van der Waals surface area contributed by atoms with E-state index in [0.29, 0.717) is 11.4 Å². The lowest BCUT2D eigenvalue weighted by atomic mass is 9.86. The minimum absolute atomic E-state index is 0.164. The molecule has 0 radical (unpaired) electrons. The van der Waals surface area contributed by atoms with Crippen molar-refractivity contribution in [3.05, 3.63) is 79.9 Å². The number of halogens is 2. The Bertz CT molecular complexity index is 798. The van der Waals surface area contributed by atoms with E-state index in [1.165, 1.54) is 14.7 Å². The van der Waals surface area contributed by atoms with Crippen molar-refractivity contribution in [3.8, 4) is 0 Å². The van der Waals surface area contributed by atoms with Gasteiger partial charge in [0.1, 0.15) is 0 Å². The van der Waals surface area contributed by atoms with Gasteiger partial charge in [-0.05, 0) is 56.7 Å². The first-order valence-electron chi connectivity index (χ1n) is 9.14. The van der Waals surface area contributed by atoms with E-state index in [1.807, 2.05) is 12.1 Å². The average Bonchev–Trinajstić information content (AvgIpc) is 2.52. The molecule has 0 spiro atoms. The summed E-state index contributed by atoms with van der Waals surface area (Å²) in [6.07, 6.45) is 0. The Balaban J connectivity index is 0.000000280. The molecule has 0 atom stereocenters. The molecule has 0 saturated heterocycles. The molecule has 2 aromatic rings. The van der Waals surface area contributed by atoms with Crippen LogP contribution in [-0.4, -0.2) is 0 Å². The highest BCUT2D eigenvalue weighted by Gasteiger charge is 2.15. The highest BCUT2D eigenvalue weighted by Crippen LogP contribution is 2.29. The van der Waals surface area contributed by atoms with E-state index in [4.69, 9.17) is 11.5 Å². The summed E-state index contributed by atoms with van der Waals surface area (Å²) >= 11 is 5.80. The zero-order valence-electron chi connectivity index (χ0n) is 17.8. The van der Waals surface area contributed by atoms with Crippen LogP contribution in [0.25, 0.3) is 11.4 Å². The summed E-state index contributed by atoms with van der Waals surface area (Å²) in [4.78, 5) is 0. The summed E-state index contributed by atoms with van der Waals surface area (Å²) in [5.74, 6) is 0. The van der Waals surface area contributed by atoms with E-state index < -0.39 is 0 Å². The van der Waals surface area contributed by atoms with Gasteiger partial charge in [0, 0.05) is 30.6 Å². The predicted octanol–water partition coefficient (Wildman–Crippen LogP) is 7.19. The molecule has 2 nitrogen and oxygen atoms in total. The number of rotatable bonds is 2. The van der Waals surface area contributed by atoms with Crippen LogP contribution in [0.5, 0.6) is 0 Å². The zero-order chi connectivity index (χ0) is 21.9. The lowest BCUT2D eigenvalue weighted by Crippen LogP contribution is -2.11. The van der Waals surface area contributed by atoms with Crippen molar-refractivity contribution in [1.29, 1.82) is 0 Å². The Morgan fingerprint density at radius 3 is 1.50 bits per heavy atom. The molecule has 2 aromatic carbocycles. The van der Waals surface area contributed by atoms with Crippen LogP contribution < -0.4 is 11.5 Å². The second kappa shape index (κ2) is 9.49. The van der Waals surface area contributed by atoms with E-state index in [2.05, 4.69) is 117 Å². The summed E-state index contributed by atoms with van der Waals surface area (Å²) in [6, 6.07) is 12.5. The first-order chi connectivity index (χ1) is 12.6. The fraction of sp³-hybridized carbons (Fsp3) is 0.333. The summed E-state index contributed by atoms with van der Waals surface area (Å²) < 4.78 is 2.18. The molecular weight excluding hydrogens is 523 g/mol. The summed E-state index contributed by atoms with van der Waals surface area (Å²) in [5.41, 5.74) is 17.5. The van der Waals surface area contributed by atoms with Gasteiger partial charge in [-0.3, -0.25) is 0 Å². The highest BCUT2D eigenvalue weighted by molar-refractivity contribution is 14.1. The molecular formula is C24H32BrIN2. The van der Waals surface area contributed by atoms with Crippen LogP contribution in [0, 0.1) is 3.57 Å². The maximum atomic E-state index is 5.67. The minimum atomic E-state index is 0.164. The van der Waals surface area contributed by atoms with Crippen LogP contribution in [0.3, 0.4) is 0 Å². The SMILES string of the molecule is C=C(N)c1ccc(C(C)(C)C)cc1Br.C=C(N)c1ccc(C(C)(C)C)cc1I. The van der Waals surface area contributed by atoms with E-state index in [0.717, 1.165) is 15.6 Å². The fourth-order valence-corrected chi connectivity index (χ4v) is 3.98. The van der Waals surface area contributed by atoms with Gasteiger partial charge >= 0.3 is 0 Å². The molecule has 28 heavy (non-hydrogen) atoms. The third-order valence-corrected chi connectivity index (χ3v) is 5.91. The predicted molar refractivity (Wildman–Crippen MR) is 137 cm³/mol.